The van der Waals surface area contributed by atoms with Crippen LogP contribution in [0.1, 0.15) is 18.4 Å². The molecule has 1 aliphatic heterocycles. The molecule has 4 nitrogen and oxygen atoms in total. The third-order valence-corrected chi connectivity index (χ3v) is 3.80. The second-order valence-corrected chi connectivity index (χ2v) is 5.14. The van der Waals surface area contributed by atoms with Crippen LogP contribution in [0, 0.1) is 0 Å². The van der Waals surface area contributed by atoms with Gasteiger partial charge in [-0.15, -0.1) is 0 Å². The van der Waals surface area contributed by atoms with Crippen LogP contribution in [0.3, 0.4) is 0 Å². The van der Waals surface area contributed by atoms with Gasteiger partial charge in [0.1, 0.15) is 0 Å². The number of carbonyl (C=O) groups is 1. The summed E-state index contributed by atoms with van der Waals surface area (Å²) in [4.78, 5) is 17.0. The average molecular weight is 258 g/mol. The fourth-order valence-electron chi connectivity index (χ4n) is 2.71. The summed E-state index contributed by atoms with van der Waals surface area (Å²) in [5.74, 6) is 0.141. The van der Waals surface area contributed by atoms with Gasteiger partial charge in [0, 0.05) is 36.6 Å². The number of hydrogen-bond donors (Lipinski definition) is 2. The Labute approximate surface area is 112 Å². The summed E-state index contributed by atoms with van der Waals surface area (Å²) in [6.45, 7) is 1.18. The van der Waals surface area contributed by atoms with Gasteiger partial charge in [0.15, 0.2) is 0 Å². The Morgan fingerprint density at radius 1 is 1.42 bits per heavy atom. The maximum Gasteiger partial charge on any atom is 0.222 e. The molecule has 2 N–H and O–H groups in total. The maximum absolute atomic E-state index is 12.0. The van der Waals surface area contributed by atoms with Crippen molar-refractivity contribution in [3.63, 3.8) is 0 Å². The molecular weight excluding hydrogens is 240 g/mol. The standard InChI is InChI=1S/C15H18N2O2/c18-12-7-8-17(10-12)15(19)6-5-11-9-16-14-4-2-1-3-13(11)14/h1-4,9,12,16,18H,5-8,10H2. The molecule has 0 bridgehead atoms. The molecule has 0 spiro atoms. The smallest absolute Gasteiger partial charge is 0.222 e. The first-order chi connectivity index (χ1) is 9.24. The van der Waals surface area contributed by atoms with Crippen LogP contribution in [-0.2, 0) is 11.2 Å². The van der Waals surface area contributed by atoms with E-state index in [4.69, 9.17) is 0 Å². The largest absolute Gasteiger partial charge is 0.391 e. The zero-order valence-electron chi connectivity index (χ0n) is 10.8. The van der Waals surface area contributed by atoms with Crippen LogP contribution in [0.25, 0.3) is 10.9 Å². The second kappa shape index (κ2) is 5.05. The number of β-amino-alcohol motifs (C(OH)–C–C–N with tert-alkyl or cyclic N) is 1. The Bertz CT molecular complexity index is 591. The second-order valence-electron chi connectivity index (χ2n) is 5.14. The van der Waals surface area contributed by atoms with Crippen molar-refractivity contribution in [1.82, 2.24) is 9.88 Å². The quantitative estimate of drug-likeness (QED) is 0.880. The fraction of sp³-hybridized carbons (Fsp3) is 0.400. The van der Waals surface area contributed by atoms with Gasteiger partial charge in [-0.25, -0.2) is 0 Å². The van der Waals surface area contributed by atoms with Crippen LogP contribution in [0.2, 0.25) is 0 Å². The van der Waals surface area contributed by atoms with Gasteiger partial charge < -0.3 is 15.0 Å². The first kappa shape index (κ1) is 12.2. The number of aryl methyl sites for hydroxylation is 1. The van der Waals surface area contributed by atoms with E-state index < -0.39 is 0 Å². The van der Waals surface area contributed by atoms with Gasteiger partial charge in [0.05, 0.1) is 6.10 Å². The molecular formula is C15H18N2O2. The summed E-state index contributed by atoms with van der Waals surface area (Å²) >= 11 is 0. The van der Waals surface area contributed by atoms with E-state index in [0.717, 1.165) is 11.9 Å². The number of rotatable bonds is 3. The third kappa shape index (κ3) is 2.49. The minimum atomic E-state index is -0.336. The van der Waals surface area contributed by atoms with Crippen molar-refractivity contribution in [3.8, 4) is 0 Å². The molecule has 19 heavy (non-hydrogen) atoms. The number of aliphatic hydroxyl groups is 1. The molecule has 1 aromatic carbocycles. The van der Waals surface area contributed by atoms with E-state index in [9.17, 15) is 9.90 Å². The van der Waals surface area contributed by atoms with Gasteiger partial charge in [0.25, 0.3) is 0 Å². The van der Waals surface area contributed by atoms with Crippen LogP contribution in [-0.4, -0.2) is 40.1 Å². The molecule has 0 radical (unpaired) electrons. The lowest BCUT2D eigenvalue weighted by atomic mass is 10.1. The van der Waals surface area contributed by atoms with Crippen LogP contribution in [0.15, 0.2) is 30.5 Å². The van der Waals surface area contributed by atoms with Gasteiger partial charge in [0.2, 0.25) is 5.91 Å². The van der Waals surface area contributed by atoms with E-state index in [0.29, 0.717) is 25.9 Å². The van der Waals surface area contributed by atoms with Crippen molar-refractivity contribution < 1.29 is 9.90 Å². The number of nitrogens with one attached hydrogen (secondary N) is 1. The van der Waals surface area contributed by atoms with E-state index in [-0.39, 0.29) is 12.0 Å². The molecule has 1 fully saturated rings. The SMILES string of the molecule is O=C(CCc1c[nH]c2ccccc12)N1CCC(O)C1. The Kier molecular flexibility index (Phi) is 3.25. The first-order valence-corrected chi connectivity index (χ1v) is 6.75. The van der Waals surface area contributed by atoms with E-state index in [1.165, 1.54) is 10.9 Å². The van der Waals surface area contributed by atoms with E-state index >= 15 is 0 Å². The molecule has 100 valence electrons. The molecule has 2 heterocycles. The minimum Gasteiger partial charge on any atom is -0.391 e. The monoisotopic (exact) mass is 258 g/mol. The number of aliphatic hydroxyl groups excluding tert-OH is 1. The summed E-state index contributed by atoms with van der Waals surface area (Å²) < 4.78 is 0. The highest BCUT2D eigenvalue weighted by Gasteiger charge is 2.24. The molecule has 1 unspecified atom stereocenters. The molecule has 1 saturated heterocycles. The normalized spacial score (nSPS) is 19.2. The van der Waals surface area contributed by atoms with Crippen molar-refractivity contribution >= 4 is 16.8 Å². The number of carbonyl (C=O) groups excluding carboxylic acids is 1. The lowest BCUT2D eigenvalue weighted by Crippen LogP contribution is -2.29. The summed E-state index contributed by atoms with van der Waals surface area (Å²) in [7, 11) is 0. The van der Waals surface area contributed by atoms with Crippen molar-refractivity contribution in [2.24, 2.45) is 0 Å². The molecule has 4 heteroatoms. The first-order valence-electron chi connectivity index (χ1n) is 6.75. The Morgan fingerprint density at radius 2 is 2.26 bits per heavy atom. The summed E-state index contributed by atoms with van der Waals surface area (Å²) in [5, 5.41) is 10.6. The molecule has 1 amide bonds. The summed E-state index contributed by atoms with van der Waals surface area (Å²) in [6.07, 6.45) is 3.61. The van der Waals surface area contributed by atoms with Crippen molar-refractivity contribution in [2.75, 3.05) is 13.1 Å². The Hall–Kier alpha value is -1.81. The number of H-pyrrole nitrogens is 1. The van der Waals surface area contributed by atoms with Gasteiger partial charge in [-0.3, -0.25) is 4.79 Å². The van der Waals surface area contributed by atoms with Gasteiger partial charge in [-0.1, -0.05) is 18.2 Å². The van der Waals surface area contributed by atoms with Crippen LogP contribution in [0.4, 0.5) is 0 Å². The fourth-order valence-corrected chi connectivity index (χ4v) is 2.71. The van der Waals surface area contributed by atoms with E-state index in [1.807, 2.05) is 24.4 Å². The highest BCUT2D eigenvalue weighted by atomic mass is 16.3. The lowest BCUT2D eigenvalue weighted by molar-refractivity contribution is -0.130. The zero-order valence-corrected chi connectivity index (χ0v) is 10.8. The number of aromatic amines is 1. The van der Waals surface area contributed by atoms with Crippen LogP contribution in [0.5, 0.6) is 0 Å². The predicted octanol–water partition coefficient (Wildman–Crippen LogP) is 1.69. The maximum atomic E-state index is 12.0. The Morgan fingerprint density at radius 3 is 3.05 bits per heavy atom. The van der Waals surface area contributed by atoms with Crippen LogP contribution < -0.4 is 0 Å². The summed E-state index contributed by atoms with van der Waals surface area (Å²) in [5.41, 5.74) is 2.30. The van der Waals surface area contributed by atoms with E-state index in [2.05, 4.69) is 11.1 Å². The van der Waals surface area contributed by atoms with Crippen molar-refractivity contribution in [2.45, 2.75) is 25.4 Å². The molecule has 1 aliphatic rings. The van der Waals surface area contributed by atoms with Crippen LogP contribution >= 0.6 is 0 Å². The number of fused-ring (bicyclic) bond motifs is 1. The molecule has 0 saturated carbocycles. The number of para-hydroxylation sites is 1. The number of benzene rings is 1. The zero-order chi connectivity index (χ0) is 13.2. The van der Waals surface area contributed by atoms with E-state index in [1.54, 1.807) is 4.90 Å². The lowest BCUT2D eigenvalue weighted by Gasteiger charge is -2.15. The minimum absolute atomic E-state index is 0.141. The number of aromatic nitrogens is 1. The Balaban J connectivity index is 1.64. The van der Waals surface area contributed by atoms with Gasteiger partial charge in [-0.05, 0) is 24.5 Å². The third-order valence-electron chi connectivity index (χ3n) is 3.80. The topological polar surface area (TPSA) is 56.3 Å². The summed E-state index contributed by atoms with van der Waals surface area (Å²) in [6, 6.07) is 8.13. The number of hydrogen-bond acceptors (Lipinski definition) is 2. The van der Waals surface area contributed by atoms with Gasteiger partial charge in [-0.2, -0.15) is 0 Å². The van der Waals surface area contributed by atoms with Crippen molar-refractivity contribution in [3.05, 3.63) is 36.0 Å². The number of nitrogens with zero attached hydrogens (tertiary/aromatic N) is 1. The van der Waals surface area contributed by atoms with Gasteiger partial charge >= 0.3 is 0 Å². The highest BCUT2D eigenvalue weighted by molar-refractivity contribution is 5.84. The molecule has 3 rings (SSSR count). The molecule has 0 aliphatic carbocycles. The average Bonchev–Trinajstić information content (AvgIpc) is 3.02. The molecule has 1 aromatic heterocycles. The van der Waals surface area contributed by atoms with Crippen molar-refractivity contribution in [1.29, 1.82) is 0 Å². The highest BCUT2D eigenvalue weighted by Crippen LogP contribution is 2.20. The molecule has 2 aromatic rings. The predicted molar refractivity (Wildman–Crippen MR) is 73.8 cm³/mol. The number of likely N-dealkylation sites (tertiary alicyclic amines) is 1. The molecule has 1 atom stereocenters. The number of amides is 1.